The van der Waals surface area contributed by atoms with Crippen LogP contribution in [0.5, 0.6) is 0 Å². The molecular formula is C17H14N4O3. The Labute approximate surface area is 136 Å². The Morgan fingerprint density at radius 1 is 1.17 bits per heavy atom. The molecule has 1 aliphatic rings. The summed E-state index contributed by atoms with van der Waals surface area (Å²) in [5, 5.41) is 10.2. The maximum Gasteiger partial charge on any atom is 0.249 e. The van der Waals surface area contributed by atoms with Gasteiger partial charge in [0.25, 0.3) is 0 Å². The molecule has 1 unspecified atom stereocenters. The first-order valence-corrected chi connectivity index (χ1v) is 7.64. The average molecular weight is 322 g/mol. The monoisotopic (exact) mass is 322 g/mol. The lowest BCUT2D eigenvalue weighted by molar-refractivity contribution is -0.117. The van der Waals surface area contributed by atoms with Crippen molar-refractivity contribution in [3.8, 4) is 0 Å². The van der Waals surface area contributed by atoms with E-state index < -0.39 is 0 Å². The Morgan fingerprint density at radius 3 is 2.88 bits per heavy atom. The molecule has 3 aromatic rings. The standard InChI is InChI=1S/C17H14N4O3/c22-13-7-5-11(9-3-1-2-4-10(9)13)17(24)19-16-12-6-8-14(23)18-15(12)20-21-16/h1-4,6,8,11H,5,7H2,(H3,18,19,20,21,23,24). The third-order valence-corrected chi connectivity index (χ3v) is 4.31. The van der Waals surface area contributed by atoms with Crippen LogP contribution in [0.25, 0.3) is 11.0 Å². The van der Waals surface area contributed by atoms with E-state index in [4.69, 9.17) is 0 Å². The van der Waals surface area contributed by atoms with E-state index in [0.717, 1.165) is 5.56 Å². The number of aromatic nitrogens is 3. The number of aromatic amines is 2. The molecule has 1 atom stereocenters. The van der Waals surface area contributed by atoms with Gasteiger partial charge in [0.1, 0.15) is 5.82 Å². The van der Waals surface area contributed by atoms with Gasteiger partial charge in [0.05, 0.1) is 11.3 Å². The van der Waals surface area contributed by atoms with Gasteiger partial charge in [-0.15, -0.1) is 0 Å². The number of rotatable bonds is 2. The van der Waals surface area contributed by atoms with Crippen LogP contribution in [0.15, 0.2) is 41.2 Å². The fourth-order valence-corrected chi connectivity index (χ4v) is 3.12. The molecule has 0 radical (unpaired) electrons. The van der Waals surface area contributed by atoms with Crippen LogP contribution in [-0.4, -0.2) is 26.9 Å². The quantitative estimate of drug-likeness (QED) is 0.670. The maximum atomic E-state index is 12.7. The first-order valence-electron chi connectivity index (χ1n) is 7.64. The lowest BCUT2D eigenvalue weighted by atomic mass is 9.81. The Hall–Kier alpha value is -3.22. The predicted octanol–water partition coefficient (Wildman–Crippen LogP) is 1.95. The first-order chi connectivity index (χ1) is 11.6. The second-order valence-corrected chi connectivity index (χ2v) is 5.77. The maximum absolute atomic E-state index is 12.7. The van der Waals surface area contributed by atoms with Crippen LogP contribution in [0.4, 0.5) is 5.82 Å². The smallest absolute Gasteiger partial charge is 0.249 e. The molecule has 0 fully saturated rings. The number of amides is 1. The Kier molecular flexibility index (Phi) is 3.26. The van der Waals surface area contributed by atoms with Gasteiger partial charge in [-0.3, -0.25) is 19.5 Å². The molecule has 2 aromatic heterocycles. The molecule has 1 amide bonds. The summed E-state index contributed by atoms with van der Waals surface area (Å²) < 4.78 is 0. The molecule has 7 nitrogen and oxygen atoms in total. The zero-order chi connectivity index (χ0) is 16.7. The number of nitrogens with one attached hydrogen (secondary N) is 3. The molecule has 0 spiro atoms. The van der Waals surface area contributed by atoms with Crippen LogP contribution < -0.4 is 10.9 Å². The minimum atomic E-state index is -0.389. The van der Waals surface area contributed by atoms with Gasteiger partial charge in [0.2, 0.25) is 11.5 Å². The van der Waals surface area contributed by atoms with Gasteiger partial charge in [0.15, 0.2) is 11.4 Å². The van der Waals surface area contributed by atoms with Crippen molar-refractivity contribution >= 4 is 28.5 Å². The van der Waals surface area contributed by atoms with E-state index in [1.165, 1.54) is 6.07 Å². The van der Waals surface area contributed by atoms with Crippen molar-refractivity contribution in [3.63, 3.8) is 0 Å². The van der Waals surface area contributed by atoms with Crippen LogP contribution in [0, 0.1) is 0 Å². The molecule has 4 rings (SSSR count). The number of hydrogen-bond donors (Lipinski definition) is 3. The number of anilines is 1. The number of ketones is 1. The number of carbonyl (C=O) groups is 2. The molecule has 1 aliphatic carbocycles. The van der Waals surface area contributed by atoms with Gasteiger partial charge in [-0.05, 0) is 18.1 Å². The molecule has 2 heterocycles. The second-order valence-electron chi connectivity index (χ2n) is 5.77. The van der Waals surface area contributed by atoms with Crippen molar-refractivity contribution in [3.05, 3.63) is 57.9 Å². The number of fused-ring (bicyclic) bond motifs is 2. The van der Waals surface area contributed by atoms with Gasteiger partial charge >= 0.3 is 0 Å². The summed E-state index contributed by atoms with van der Waals surface area (Å²) in [7, 11) is 0. The van der Waals surface area contributed by atoms with E-state index in [-0.39, 0.29) is 23.2 Å². The second kappa shape index (κ2) is 5.45. The lowest BCUT2D eigenvalue weighted by Gasteiger charge is -2.23. The number of hydrogen-bond acceptors (Lipinski definition) is 4. The summed E-state index contributed by atoms with van der Waals surface area (Å²) in [5.41, 5.74) is 1.50. The summed E-state index contributed by atoms with van der Waals surface area (Å²) in [5.74, 6) is -0.0912. The molecule has 120 valence electrons. The molecule has 7 heteroatoms. The number of pyridine rings is 1. The van der Waals surface area contributed by atoms with Gasteiger partial charge in [-0.1, -0.05) is 24.3 Å². The Balaban J connectivity index is 1.66. The molecule has 0 aliphatic heterocycles. The average Bonchev–Trinajstić information content (AvgIpc) is 2.97. The van der Waals surface area contributed by atoms with Gasteiger partial charge < -0.3 is 10.3 Å². The van der Waals surface area contributed by atoms with Crippen molar-refractivity contribution in [2.24, 2.45) is 0 Å². The summed E-state index contributed by atoms with van der Waals surface area (Å²) in [4.78, 5) is 38.6. The van der Waals surface area contributed by atoms with E-state index in [1.54, 1.807) is 18.2 Å². The van der Waals surface area contributed by atoms with E-state index in [2.05, 4.69) is 20.5 Å². The molecule has 0 saturated heterocycles. The van der Waals surface area contributed by atoms with Crippen LogP contribution >= 0.6 is 0 Å². The number of benzene rings is 1. The minimum Gasteiger partial charge on any atom is -0.310 e. The van der Waals surface area contributed by atoms with Crippen LogP contribution in [0.1, 0.15) is 34.7 Å². The normalized spacial score (nSPS) is 16.8. The summed E-state index contributed by atoms with van der Waals surface area (Å²) in [6, 6.07) is 10.2. The third-order valence-electron chi connectivity index (χ3n) is 4.31. The topological polar surface area (TPSA) is 108 Å². The zero-order valence-corrected chi connectivity index (χ0v) is 12.6. The van der Waals surface area contributed by atoms with Crippen LogP contribution in [-0.2, 0) is 4.79 Å². The molecular weight excluding hydrogens is 308 g/mol. The van der Waals surface area contributed by atoms with Crippen molar-refractivity contribution < 1.29 is 9.59 Å². The summed E-state index contributed by atoms with van der Waals surface area (Å²) in [6.07, 6.45) is 0.830. The van der Waals surface area contributed by atoms with Crippen molar-refractivity contribution in [2.75, 3.05) is 5.32 Å². The molecule has 3 N–H and O–H groups in total. The van der Waals surface area contributed by atoms with Crippen LogP contribution in [0.3, 0.4) is 0 Å². The predicted molar refractivity (Wildman–Crippen MR) is 88.1 cm³/mol. The van der Waals surface area contributed by atoms with E-state index in [0.29, 0.717) is 35.3 Å². The fourth-order valence-electron chi connectivity index (χ4n) is 3.12. The summed E-state index contributed by atoms with van der Waals surface area (Å²) in [6.45, 7) is 0. The number of nitrogens with zero attached hydrogens (tertiary/aromatic N) is 1. The number of carbonyl (C=O) groups excluding carboxylic acids is 2. The fraction of sp³-hybridized carbons (Fsp3) is 0.176. The SMILES string of the molecule is O=C1CCC(C(=O)Nc2[nH]nc3[nH]c(=O)ccc23)c2ccccc21. The number of H-pyrrole nitrogens is 2. The van der Waals surface area contributed by atoms with Gasteiger partial charge in [0, 0.05) is 18.1 Å². The molecule has 0 bridgehead atoms. The lowest BCUT2D eigenvalue weighted by Crippen LogP contribution is -2.27. The van der Waals surface area contributed by atoms with E-state index in [9.17, 15) is 14.4 Å². The highest BCUT2D eigenvalue weighted by atomic mass is 16.2. The zero-order valence-electron chi connectivity index (χ0n) is 12.6. The van der Waals surface area contributed by atoms with Crippen LogP contribution in [0.2, 0.25) is 0 Å². The Morgan fingerprint density at radius 2 is 2.00 bits per heavy atom. The first kappa shape index (κ1) is 14.4. The Bertz CT molecular complexity index is 1020. The number of Topliss-reactive ketones (excluding diaryl/α,β-unsaturated/α-hetero) is 1. The van der Waals surface area contributed by atoms with Crippen molar-refractivity contribution in [2.45, 2.75) is 18.8 Å². The highest BCUT2D eigenvalue weighted by Crippen LogP contribution is 2.32. The largest absolute Gasteiger partial charge is 0.310 e. The minimum absolute atomic E-state index is 0.0687. The molecule has 1 aromatic carbocycles. The van der Waals surface area contributed by atoms with Crippen molar-refractivity contribution in [1.82, 2.24) is 15.2 Å². The highest BCUT2D eigenvalue weighted by molar-refractivity contribution is 6.06. The van der Waals surface area contributed by atoms with E-state index in [1.807, 2.05) is 12.1 Å². The molecule has 24 heavy (non-hydrogen) atoms. The molecule has 0 saturated carbocycles. The van der Waals surface area contributed by atoms with Gasteiger partial charge in [-0.2, -0.15) is 5.10 Å². The highest BCUT2D eigenvalue weighted by Gasteiger charge is 2.30. The van der Waals surface area contributed by atoms with E-state index >= 15 is 0 Å². The summed E-state index contributed by atoms with van der Waals surface area (Å²) >= 11 is 0. The van der Waals surface area contributed by atoms with Gasteiger partial charge in [-0.25, -0.2) is 0 Å². The van der Waals surface area contributed by atoms with Crippen molar-refractivity contribution in [1.29, 1.82) is 0 Å². The third kappa shape index (κ3) is 2.30.